The lowest BCUT2D eigenvalue weighted by atomic mass is 9.89. The molecule has 0 unspecified atom stereocenters. The predicted octanol–water partition coefficient (Wildman–Crippen LogP) is 1.85. The minimum absolute atomic E-state index is 0.171. The molecule has 1 aromatic carbocycles. The van der Waals surface area contributed by atoms with Crippen molar-refractivity contribution in [3.8, 4) is 0 Å². The van der Waals surface area contributed by atoms with E-state index in [0.29, 0.717) is 24.2 Å². The zero-order valence-electron chi connectivity index (χ0n) is 15.8. The minimum Gasteiger partial charge on any atom is -0.325 e. The van der Waals surface area contributed by atoms with Crippen molar-refractivity contribution >= 4 is 17.6 Å². The maximum Gasteiger partial charge on any atom is 0.320 e. The Kier molecular flexibility index (Phi) is 4.26. The maximum absolute atomic E-state index is 12.7. The summed E-state index contributed by atoms with van der Waals surface area (Å²) in [4.78, 5) is 29.4. The first-order valence-corrected chi connectivity index (χ1v) is 10.0. The van der Waals surface area contributed by atoms with Crippen LogP contribution in [0.5, 0.6) is 0 Å². The third-order valence-electron chi connectivity index (χ3n) is 6.15. The number of rotatable bonds is 2. The summed E-state index contributed by atoms with van der Waals surface area (Å²) in [5, 5.41) is 11.3. The van der Waals surface area contributed by atoms with Gasteiger partial charge in [0.15, 0.2) is 0 Å². The number of fused-ring (bicyclic) bond motifs is 2. The molecule has 3 aliphatic heterocycles. The van der Waals surface area contributed by atoms with Gasteiger partial charge >= 0.3 is 6.03 Å². The molecule has 4 heterocycles. The van der Waals surface area contributed by atoms with Crippen LogP contribution in [0.2, 0.25) is 0 Å². The van der Waals surface area contributed by atoms with E-state index in [0.717, 1.165) is 57.0 Å². The first-order chi connectivity index (χ1) is 13.7. The molecule has 3 aliphatic rings. The number of amides is 3. The molecular weight excluding hydrogens is 356 g/mol. The van der Waals surface area contributed by atoms with Gasteiger partial charge in [-0.05, 0) is 36.8 Å². The predicted molar refractivity (Wildman–Crippen MR) is 103 cm³/mol. The van der Waals surface area contributed by atoms with E-state index in [2.05, 4.69) is 15.5 Å². The summed E-state index contributed by atoms with van der Waals surface area (Å²) in [6.07, 6.45) is 2.97. The van der Waals surface area contributed by atoms with Crippen LogP contribution in [0.1, 0.15) is 29.3 Å². The third-order valence-corrected chi connectivity index (χ3v) is 6.15. The molecule has 0 spiro atoms. The molecule has 0 radical (unpaired) electrons. The van der Waals surface area contributed by atoms with Gasteiger partial charge in [0.25, 0.3) is 5.91 Å². The van der Waals surface area contributed by atoms with Crippen LogP contribution in [0, 0.1) is 11.8 Å². The van der Waals surface area contributed by atoms with Gasteiger partial charge in [0.05, 0.1) is 0 Å². The van der Waals surface area contributed by atoms with Gasteiger partial charge in [-0.15, -0.1) is 10.2 Å². The molecule has 1 N–H and O–H groups in total. The molecule has 28 heavy (non-hydrogen) atoms. The maximum atomic E-state index is 12.7. The SMILES string of the molecule is O=C(Nc1ccccc1)c1nnc2n1C[C@@H]1CN(C(=O)N3CCCC3)C[C@H]1C2. The molecule has 0 saturated carbocycles. The number of hydrogen-bond acceptors (Lipinski definition) is 4. The van der Waals surface area contributed by atoms with Gasteiger partial charge in [0.2, 0.25) is 5.82 Å². The lowest BCUT2D eigenvalue weighted by Crippen LogP contribution is -2.40. The van der Waals surface area contributed by atoms with E-state index in [-0.39, 0.29) is 11.9 Å². The highest BCUT2D eigenvalue weighted by molar-refractivity contribution is 6.01. The van der Waals surface area contributed by atoms with Crippen LogP contribution in [0.3, 0.4) is 0 Å². The molecule has 1 aromatic heterocycles. The van der Waals surface area contributed by atoms with Crippen molar-refractivity contribution < 1.29 is 9.59 Å². The smallest absolute Gasteiger partial charge is 0.320 e. The van der Waals surface area contributed by atoms with Crippen LogP contribution in [0.4, 0.5) is 10.5 Å². The van der Waals surface area contributed by atoms with Crippen LogP contribution < -0.4 is 5.32 Å². The fourth-order valence-electron chi connectivity index (χ4n) is 4.67. The quantitative estimate of drug-likeness (QED) is 0.862. The van der Waals surface area contributed by atoms with Crippen molar-refractivity contribution in [1.29, 1.82) is 0 Å². The van der Waals surface area contributed by atoms with Gasteiger partial charge in [0, 0.05) is 44.8 Å². The van der Waals surface area contributed by atoms with Crippen molar-refractivity contribution in [1.82, 2.24) is 24.6 Å². The van der Waals surface area contributed by atoms with Crippen LogP contribution in [-0.2, 0) is 13.0 Å². The monoisotopic (exact) mass is 380 g/mol. The fraction of sp³-hybridized carbons (Fsp3) is 0.500. The largest absolute Gasteiger partial charge is 0.325 e. The van der Waals surface area contributed by atoms with E-state index >= 15 is 0 Å². The third kappa shape index (κ3) is 3.02. The van der Waals surface area contributed by atoms with Gasteiger partial charge in [0.1, 0.15) is 5.82 Å². The molecule has 8 nitrogen and oxygen atoms in total. The summed E-state index contributed by atoms with van der Waals surface area (Å²) in [7, 11) is 0. The Morgan fingerprint density at radius 2 is 1.68 bits per heavy atom. The summed E-state index contributed by atoms with van der Waals surface area (Å²) in [5.74, 6) is 1.69. The first kappa shape index (κ1) is 17.2. The Morgan fingerprint density at radius 1 is 0.929 bits per heavy atom. The summed E-state index contributed by atoms with van der Waals surface area (Å²) in [5.41, 5.74) is 0.738. The van der Waals surface area contributed by atoms with E-state index in [1.807, 2.05) is 44.7 Å². The van der Waals surface area contributed by atoms with Crippen molar-refractivity contribution in [3.05, 3.63) is 42.0 Å². The number of hydrogen-bond donors (Lipinski definition) is 1. The van der Waals surface area contributed by atoms with Crippen LogP contribution in [-0.4, -0.2) is 62.7 Å². The molecule has 0 bridgehead atoms. The summed E-state index contributed by atoms with van der Waals surface area (Å²) in [6.45, 7) is 3.96. The number of benzene rings is 1. The Labute approximate surface area is 163 Å². The molecule has 2 fully saturated rings. The Balaban J connectivity index is 1.29. The standard InChI is InChI=1S/C20H24N6O2/c27-19(21-16-6-2-1-3-7-16)18-23-22-17-10-14-11-25(12-15(14)13-26(17)18)20(28)24-8-4-5-9-24/h1-3,6-7,14-15H,4-5,8-13H2,(H,21,27)/t14-,15+/m1/s1. The second-order valence-electron chi connectivity index (χ2n) is 7.98. The zero-order chi connectivity index (χ0) is 19.1. The van der Waals surface area contributed by atoms with E-state index in [1.165, 1.54) is 0 Å². The van der Waals surface area contributed by atoms with Gasteiger partial charge in [-0.3, -0.25) is 4.79 Å². The number of nitrogens with one attached hydrogen (secondary N) is 1. The van der Waals surface area contributed by atoms with E-state index < -0.39 is 0 Å². The molecule has 2 saturated heterocycles. The zero-order valence-corrected chi connectivity index (χ0v) is 15.8. The molecule has 2 aromatic rings. The highest BCUT2D eigenvalue weighted by Gasteiger charge is 2.41. The number of aromatic nitrogens is 3. The molecule has 5 rings (SSSR count). The molecule has 2 atom stereocenters. The Morgan fingerprint density at radius 3 is 2.46 bits per heavy atom. The number of carbonyl (C=O) groups is 2. The number of carbonyl (C=O) groups excluding carboxylic acids is 2. The van der Waals surface area contributed by atoms with Crippen molar-refractivity contribution in [2.45, 2.75) is 25.8 Å². The van der Waals surface area contributed by atoms with Gasteiger partial charge in [-0.1, -0.05) is 18.2 Å². The first-order valence-electron chi connectivity index (χ1n) is 10.0. The molecular formula is C20H24N6O2. The summed E-state index contributed by atoms with van der Waals surface area (Å²) in [6, 6.07) is 9.53. The second kappa shape index (κ2) is 6.92. The molecule has 0 aliphatic carbocycles. The molecule has 146 valence electrons. The second-order valence-corrected chi connectivity index (χ2v) is 7.98. The average Bonchev–Trinajstić information content (AvgIpc) is 3.45. The average molecular weight is 380 g/mol. The molecule has 3 amide bonds. The number of anilines is 1. The van der Waals surface area contributed by atoms with Crippen LogP contribution >= 0.6 is 0 Å². The number of likely N-dealkylation sites (tertiary alicyclic amines) is 2. The van der Waals surface area contributed by atoms with E-state index in [9.17, 15) is 9.59 Å². The Bertz CT molecular complexity index is 889. The van der Waals surface area contributed by atoms with Crippen molar-refractivity contribution in [2.24, 2.45) is 11.8 Å². The van der Waals surface area contributed by atoms with Gasteiger partial charge in [-0.25, -0.2) is 4.79 Å². The Hall–Kier alpha value is -2.90. The minimum atomic E-state index is -0.244. The highest BCUT2D eigenvalue weighted by Crippen LogP contribution is 2.33. The molecule has 8 heteroatoms. The van der Waals surface area contributed by atoms with Crippen molar-refractivity contribution in [3.63, 3.8) is 0 Å². The van der Waals surface area contributed by atoms with Crippen molar-refractivity contribution in [2.75, 3.05) is 31.5 Å². The highest BCUT2D eigenvalue weighted by atomic mass is 16.2. The number of nitrogens with zero attached hydrogens (tertiary/aromatic N) is 5. The number of para-hydroxylation sites is 1. The summed E-state index contributed by atoms with van der Waals surface area (Å²) >= 11 is 0. The normalized spacial score (nSPS) is 23.4. The number of urea groups is 1. The summed E-state index contributed by atoms with van der Waals surface area (Å²) < 4.78 is 1.93. The van der Waals surface area contributed by atoms with Gasteiger partial charge in [-0.2, -0.15) is 0 Å². The van der Waals surface area contributed by atoms with Crippen LogP contribution in [0.25, 0.3) is 0 Å². The lowest BCUT2D eigenvalue weighted by molar-refractivity contribution is 0.100. The fourth-order valence-corrected chi connectivity index (χ4v) is 4.67. The van der Waals surface area contributed by atoms with Gasteiger partial charge < -0.3 is 19.7 Å². The lowest BCUT2D eigenvalue weighted by Gasteiger charge is -2.25. The topological polar surface area (TPSA) is 83.4 Å². The van der Waals surface area contributed by atoms with E-state index in [1.54, 1.807) is 0 Å². The van der Waals surface area contributed by atoms with Crippen LogP contribution in [0.15, 0.2) is 30.3 Å². The van der Waals surface area contributed by atoms with E-state index in [4.69, 9.17) is 0 Å².